The normalized spacial score (nSPS) is 11.5. The molecule has 2 aromatic carbocycles. The van der Waals surface area contributed by atoms with Crippen molar-refractivity contribution in [3.05, 3.63) is 70.8 Å². The zero-order valence-corrected chi connectivity index (χ0v) is 19.4. The lowest BCUT2D eigenvalue weighted by Crippen LogP contribution is -2.38. The number of amides is 1. The number of guanidine groups is 1. The minimum Gasteiger partial charge on any atom is -0.357 e. The Morgan fingerprint density at radius 3 is 2.33 bits per heavy atom. The van der Waals surface area contributed by atoms with Crippen molar-refractivity contribution in [2.24, 2.45) is 4.99 Å². The fourth-order valence-corrected chi connectivity index (χ4v) is 2.74. The summed E-state index contributed by atoms with van der Waals surface area (Å²) in [6.07, 6.45) is -4.34. The largest absolute Gasteiger partial charge is 0.416 e. The van der Waals surface area contributed by atoms with E-state index in [1.807, 2.05) is 24.9 Å². The van der Waals surface area contributed by atoms with Crippen molar-refractivity contribution in [3.8, 4) is 0 Å². The molecule has 0 unspecified atom stereocenters. The summed E-state index contributed by atoms with van der Waals surface area (Å²) < 4.78 is 38.1. The maximum Gasteiger partial charge on any atom is 0.416 e. The molecule has 2 rings (SSSR count). The van der Waals surface area contributed by atoms with Crippen LogP contribution >= 0.6 is 24.0 Å². The second-order valence-corrected chi connectivity index (χ2v) is 6.50. The monoisotopic (exact) mass is 534 g/mol. The number of hydrogen-bond donors (Lipinski definition) is 2. The smallest absolute Gasteiger partial charge is 0.357 e. The van der Waals surface area contributed by atoms with Crippen LogP contribution in [0.1, 0.15) is 34.0 Å². The molecule has 30 heavy (non-hydrogen) atoms. The fraction of sp³-hybridized carbons (Fsp3) is 0.333. The molecule has 0 aromatic heterocycles. The van der Waals surface area contributed by atoms with Gasteiger partial charge in [-0.05, 0) is 42.3 Å². The minimum absolute atomic E-state index is 0. The molecule has 5 nitrogen and oxygen atoms in total. The lowest BCUT2D eigenvalue weighted by atomic mass is 10.1. The van der Waals surface area contributed by atoms with Crippen LogP contribution in [0.2, 0.25) is 0 Å². The van der Waals surface area contributed by atoms with Gasteiger partial charge in [-0.15, -0.1) is 24.0 Å². The predicted molar refractivity (Wildman–Crippen MR) is 123 cm³/mol. The van der Waals surface area contributed by atoms with E-state index in [-0.39, 0.29) is 29.9 Å². The first kappa shape index (κ1) is 25.7. The summed E-state index contributed by atoms with van der Waals surface area (Å²) in [5.41, 5.74) is 1.51. The molecular formula is C21H26F3IN4O. The fourth-order valence-electron chi connectivity index (χ4n) is 2.74. The molecule has 0 radical (unpaired) electrons. The highest BCUT2D eigenvalue weighted by Gasteiger charge is 2.29. The molecule has 0 heterocycles. The minimum atomic E-state index is -4.34. The predicted octanol–water partition coefficient (Wildman–Crippen LogP) is 4.28. The first-order chi connectivity index (χ1) is 13.7. The Bertz CT molecular complexity index is 854. The molecule has 164 valence electrons. The van der Waals surface area contributed by atoms with E-state index >= 15 is 0 Å². The van der Waals surface area contributed by atoms with E-state index in [1.54, 1.807) is 25.2 Å². The third-order valence-corrected chi connectivity index (χ3v) is 4.23. The van der Waals surface area contributed by atoms with Crippen LogP contribution in [-0.2, 0) is 19.3 Å². The van der Waals surface area contributed by atoms with E-state index in [9.17, 15) is 18.0 Å². The third kappa shape index (κ3) is 7.51. The lowest BCUT2D eigenvalue weighted by molar-refractivity contribution is -0.137. The molecule has 0 bridgehead atoms. The third-order valence-electron chi connectivity index (χ3n) is 4.23. The Morgan fingerprint density at radius 2 is 1.77 bits per heavy atom. The van der Waals surface area contributed by atoms with Gasteiger partial charge in [-0.25, -0.2) is 4.99 Å². The first-order valence-electron chi connectivity index (χ1n) is 9.21. The number of carbonyl (C=O) groups excluding carboxylic acids is 1. The van der Waals surface area contributed by atoms with Gasteiger partial charge in [-0.1, -0.05) is 24.3 Å². The molecular weight excluding hydrogens is 508 g/mol. The van der Waals surface area contributed by atoms with Crippen LogP contribution in [0.4, 0.5) is 13.2 Å². The zero-order valence-electron chi connectivity index (χ0n) is 17.1. The van der Waals surface area contributed by atoms with E-state index in [0.717, 1.165) is 23.3 Å². The second-order valence-electron chi connectivity index (χ2n) is 6.50. The van der Waals surface area contributed by atoms with Gasteiger partial charge < -0.3 is 15.5 Å². The molecule has 0 fully saturated rings. The Morgan fingerprint density at radius 1 is 1.10 bits per heavy atom. The SMILES string of the molecule is CCNC(=NCc1cccc(C(=O)NC)c1)N(C)Cc1ccc(C(F)(F)F)cc1.I. The van der Waals surface area contributed by atoms with Gasteiger partial charge in [0, 0.05) is 32.7 Å². The summed E-state index contributed by atoms with van der Waals surface area (Å²) in [4.78, 5) is 18.2. The number of alkyl halides is 3. The van der Waals surface area contributed by atoms with Crippen LogP contribution in [0.5, 0.6) is 0 Å². The van der Waals surface area contributed by atoms with Gasteiger partial charge in [-0.3, -0.25) is 4.79 Å². The van der Waals surface area contributed by atoms with Crippen LogP contribution in [0.25, 0.3) is 0 Å². The summed E-state index contributed by atoms with van der Waals surface area (Å²) in [5.74, 6) is 0.458. The molecule has 0 spiro atoms. The van der Waals surface area contributed by atoms with Crippen LogP contribution in [0, 0.1) is 0 Å². The highest BCUT2D eigenvalue weighted by molar-refractivity contribution is 14.0. The van der Waals surface area contributed by atoms with E-state index in [2.05, 4.69) is 15.6 Å². The number of halogens is 4. The van der Waals surface area contributed by atoms with Crippen molar-refractivity contribution < 1.29 is 18.0 Å². The van der Waals surface area contributed by atoms with Gasteiger partial charge in [0.25, 0.3) is 5.91 Å². The molecule has 9 heteroatoms. The van der Waals surface area contributed by atoms with Gasteiger partial charge in [-0.2, -0.15) is 13.2 Å². The number of carbonyl (C=O) groups is 1. The number of benzene rings is 2. The Hall–Kier alpha value is -2.30. The number of nitrogens with zero attached hydrogens (tertiary/aromatic N) is 2. The van der Waals surface area contributed by atoms with Crippen molar-refractivity contribution in [2.45, 2.75) is 26.2 Å². The standard InChI is InChI=1S/C21H25F3N4O.HI/c1-4-26-20(27-13-16-6-5-7-17(12-16)19(29)25-2)28(3)14-15-8-10-18(11-9-15)21(22,23)24;/h5-12H,4,13-14H2,1-3H3,(H,25,29)(H,26,27);1H. The summed E-state index contributed by atoms with van der Waals surface area (Å²) in [5, 5.41) is 5.76. The van der Waals surface area contributed by atoms with E-state index in [1.165, 1.54) is 12.1 Å². The summed E-state index contributed by atoms with van der Waals surface area (Å²) >= 11 is 0. The molecule has 0 aliphatic rings. The second kappa shape index (κ2) is 11.8. The number of nitrogens with one attached hydrogen (secondary N) is 2. The van der Waals surface area contributed by atoms with Crippen LogP contribution in [0.3, 0.4) is 0 Å². The van der Waals surface area contributed by atoms with Gasteiger partial charge >= 0.3 is 6.18 Å². The van der Waals surface area contributed by atoms with Crippen molar-refractivity contribution in [3.63, 3.8) is 0 Å². The molecule has 1 amide bonds. The van der Waals surface area contributed by atoms with Crippen LogP contribution in [0.15, 0.2) is 53.5 Å². The highest BCUT2D eigenvalue weighted by atomic mass is 127. The van der Waals surface area contributed by atoms with Gasteiger partial charge in [0.1, 0.15) is 0 Å². The summed E-state index contributed by atoms with van der Waals surface area (Å²) in [6, 6.07) is 12.3. The van der Waals surface area contributed by atoms with Gasteiger partial charge in [0.2, 0.25) is 0 Å². The van der Waals surface area contributed by atoms with Crippen molar-refractivity contribution >= 4 is 35.8 Å². The van der Waals surface area contributed by atoms with Crippen LogP contribution < -0.4 is 10.6 Å². The molecule has 2 N–H and O–H groups in total. The Labute approximate surface area is 191 Å². The van der Waals surface area contributed by atoms with E-state index in [0.29, 0.717) is 31.2 Å². The summed E-state index contributed by atoms with van der Waals surface area (Å²) in [6.45, 7) is 3.36. The molecule has 0 aliphatic carbocycles. The van der Waals surface area contributed by atoms with Crippen molar-refractivity contribution in [2.75, 3.05) is 20.6 Å². The number of rotatable bonds is 6. The topological polar surface area (TPSA) is 56.7 Å². The molecule has 0 atom stereocenters. The van der Waals surface area contributed by atoms with Gasteiger partial charge in [0.15, 0.2) is 5.96 Å². The first-order valence-corrected chi connectivity index (χ1v) is 9.21. The molecule has 2 aromatic rings. The average Bonchev–Trinajstić information content (AvgIpc) is 2.70. The average molecular weight is 534 g/mol. The maximum absolute atomic E-state index is 12.7. The molecule has 0 saturated carbocycles. The maximum atomic E-state index is 12.7. The molecule has 0 aliphatic heterocycles. The van der Waals surface area contributed by atoms with Crippen molar-refractivity contribution in [1.82, 2.24) is 15.5 Å². The van der Waals surface area contributed by atoms with Crippen molar-refractivity contribution in [1.29, 1.82) is 0 Å². The zero-order chi connectivity index (χ0) is 21.4. The quantitative estimate of drug-likeness (QED) is 0.331. The highest BCUT2D eigenvalue weighted by Crippen LogP contribution is 2.29. The molecule has 0 saturated heterocycles. The van der Waals surface area contributed by atoms with E-state index in [4.69, 9.17) is 0 Å². The van der Waals surface area contributed by atoms with Gasteiger partial charge in [0.05, 0.1) is 12.1 Å². The van der Waals surface area contributed by atoms with Crippen LogP contribution in [-0.4, -0.2) is 37.4 Å². The Kier molecular flexibility index (Phi) is 10.1. The van der Waals surface area contributed by atoms with E-state index < -0.39 is 11.7 Å². The Balaban J connectivity index is 0.00000450. The number of hydrogen-bond acceptors (Lipinski definition) is 2. The lowest BCUT2D eigenvalue weighted by Gasteiger charge is -2.22. The number of aliphatic imine (C=N–C) groups is 1. The summed E-state index contributed by atoms with van der Waals surface area (Å²) in [7, 11) is 3.40.